The van der Waals surface area contributed by atoms with Crippen LogP contribution in [0, 0.1) is 0 Å². The van der Waals surface area contributed by atoms with Crippen LogP contribution >= 0.6 is 34.5 Å². The van der Waals surface area contributed by atoms with Gasteiger partial charge in [-0.25, -0.2) is 13.4 Å². The largest absolute Gasteiger partial charge is 0.379 e. The zero-order valence-corrected chi connectivity index (χ0v) is 14.6. The Hall–Kier alpha value is -0.820. The van der Waals surface area contributed by atoms with Crippen LogP contribution in [0.15, 0.2) is 29.3 Å². The Morgan fingerprint density at radius 1 is 1.33 bits per heavy atom. The Kier molecular flexibility index (Phi) is 5.14. The van der Waals surface area contributed by atoms with Crippen molar-refractivity contribution in [1.29, 1.82) is 0 Å². The number of hydrogen-bond donors (Lipinski definition) is 1. The summed E-state index contributed by atoms with van der Waals surface area (Å²) >= 11 is 13.2. The summed E-state index contributed by atoms with van der Waals surface area (Å²) < 4.78 is 24.8. The Labute approximate surface area is 138 Å². The Bertz CT molecular complexity index is 742. The van der Waals surface area contributed by atoms with E-state index >= 15 is 0 Å². The molecule has 2 aromatic rings. The van der Waals surface area contributed by atoms with E-state index in [1.165, 1.54) is 17.4 Å². The predicted molar refractivity (Wildman–Crippen MR) is 88.2 cm³/mol. The fourth-order valence-electron chi connectivity index (χ4n) is 1.64. The third-order valence-electron chi connectivity index (χ3n) is 2.87. The lowest BCUT2D eigenvalue weighted by Gasteiger charge is -2.12. The van der Waals surface area contributed by atoms with Crippen LogP contribution in [-0.4, -0.2) is 18.7 Å². The van der Waals surface area contributed by atoms with Gasteiger partial charge in [0.15, 0.2) is 14.3 Å². The third kappa shape index (κ3) is 3.88. The zero-order chi connectivity index (χ0) is 15.6. The molecule has 0 amide bonds. The van der Waals surface area contributed by atoms with Crippen molar-refractivity contribution in [3.63, 3.8) is 0 Å². The van der Waals surface area contributed by atoms with E-state index in [-0.39, 0.29) is 4.90 Å². The van der Waals surface area contributed by atoms with E-state index in [1.807, 2.05) is 0 Å². The van der Waals surface area contributed by atoms with Crippen molar-refractivity contribution in [3.05, 3.63) is 38.8 Å². The van der Waals surface area contributed by atoms with Crippen LogP contribution in [0.4, 0.5) is 5.69 Å². The molecule has 114 valence electrons. The summed E-state index contributed by atoms with van der Waals surface area (Å²) in [5.74, 6) is 0. The number of halogens is 2. The van der Waals surface area contributed by atoms with Gasteiger partial charge in [0.2, 0.25) is 0 Å². The second-order valence-corrected chi connectivity index (χ2v) is 9.28. The highest BCUT2D eigenvalue weighted by Gasteiger charge is 2.20. The molecule has 0 spiro atoms. The number of anilines is 1. The molecule has 0 atom stereocenters. The minimum absolute atomic E-state index is 0.256. The number of sulfone groups is 1. The second-order valence-electron chi connectivity index (χ2n) is 4.67. The lowest BCUT2D eigenvalue weighted by atomic mass is 10.3. The van der Waals surface area contributed by atoms with Crippen LogP contribution in [-0.2, 0) is 16.4 Å². The number of aromatic nitrogens is 1. The normalized spacial score (nSPS) is 11.9. The molecule has 0 fully saturated rings. The molecule has 0 aliphatic rings. The highest BCUT2D eigenvalue weighted by molar-refractivity contribution is 7.92. The quantitative estimate of drug-likeness (QED) is 0.861. The summed E-state index contributed by atoms with van der Waals surface area (Å²) in [6.07, 6.45) is 1.67. The molecule has 1 N–H and O–H groups in total. The number of benzene rings is 1. The van der Waals surface area contributed by atoms with Crippen molar-refractivity contribution >= 4 is 50.1 Å². The SMILES string of the molecule is CC(C)S(=O)(=O)c1ccc(Cl)c(NCc2cnc(Cl)s2)c1. The van der Waals surface area contributed by atoms with Gasteiger partial charge in [-0.05, 0) is 32.0 Å². The third-order valence-corrected chi connectivity index (χ3v) is 6.46. The van der Waals surface area contributed by atoms with Gasteiger partial charge in [-0.15, -0.1) is 11.3 Å². The van der Waals surface area contributed by atoms with Gasteiger partial charge >= 0.3 is 0 Å². The maximum atomic E-state index is 12.2. The fourth-order valence-corrected chi connectivity index (χ4v) is 3.82. The van der Waals surface area contributed by atoms with Crippen molar-refractivity contribution in [1.82, 2.24) is 4.98 Å². The van der Waals surface area contributed by atoms with Crippen molar-refractivity contribution in [3.8, 4) is 0 Å². The monoisotopic (exact) mass is 364 g/mol. The molecule has 2 rings (SSSR count). The maximum Gasteiger partial charge on any atom is 0.183 e. The van der Waals surface area contributed by atoms with Gasteiger partial charge in [0.25, 0.3) is 0 Å². The molecule has 1 aromatic carbocycles. The summed E-state index contributed by atoms with van der Waals surface area (Å²) in [6, 6.07) is 4.66. The van der Waals surface area contributed by atoms with Crippen LogP contribution in [0.5, 0.6) is 0 Å². The van der Waals surface area contributed by atoms with Crippen LogP contribution in [0.25, 0.3) is 0 Å². The summed E-state index contributed by atoms with van der Waals surface area (Å²) in [7, 11) is -3.32. The molecular formula is C13H14Cl2N2O2S2. The first-order valence-corrected chi connectivity index (χ1v) is 9.30. The first kappa shape index (κ1) is 16.5. The lowest BCUT2D eigenvalue weighted by molar-refractivity contribution is 0.587. The average Bonchev–Trinajstić information content (AvgIpc) is 2.83. The molecule has 0 aliphatic carbocycles. The molecule has 0 aliphatic heterocycles. The molecule has 0 bridgehead atoms. The fraction of sp³-hybridized carbons (Fsp3) is 0.308. The van der Waals surface area contributed by atoms with Crippen molar-refractivity contribution in [2.45, 2.75) is 30.5 Å². The van der Waals surface area contributed by atoms with Crippen molar-refractivity contribution in [2.24, 2.45) is 0 Å². The number of hydrogen-bond acceptors (Lipinski definition) is 5. The van der Waals surface area contributed by atoms with E-state index in [2.05, 4.69) is 10.3 Å². The minimum atomic E-state index is -3.32. The van der Waals surface area contributed by atoms with Gasteiger partial charge in [-0.1, -0.05) is 23.2 Å². The van der Waals surface area contributed by atoms with Gasteiger partial charge in [-0.3, -0.25) is 0 Å². The number of thiazole rings is 1. The standard InChI is InChI=1S/C13H14Cl2N2O2S2/c1-8(2)21(18,19)10-3-4-11(14)12(5-10)16-6-9-7-17-13(15)20-9/h3-5,7-8,16H,6H2,1-2H3. The molecule has 1 heterocycles. The summed E-state index contributed by atoms with van der Waals surface area (Å²) in [6.45, 7) is 3.78. The van der Waals surface area contributed by atoms with Gasteiger partial charge in [0.05, 0.1) is 27.4 Å². The summed E-state index contributed by atoms with van der Waals surface area (Å²) in [5.41, 5.74) is 0.572. The lowest BCUT2D eigenvalue weighted by Crippen LogP contribution is -2.14. The first-order chi connectivity index (χ1) is 9.80. The van der Waals surface area contributed by atoms with Crippen LogP contribution in [0.3, 0.4) is 0 Å². The smallest absolute Gasteiger partial charge is 0.183 e. The predicted octanol–water partition coefficient (Wildman–Crippen LogP) is 4.24. The van der Waals surface area contributed by atoms with Gasteiger partial charge in [-0.2, -0.15) is 0 Å². The van der Waals surface area contributed by atoms with Gasteiger partial charge in [0.1, 0.15) is 0 Å². The second kappa shape index (κ2) is 6.52. The Morgan fingerprint density at radius 3 is 2.62 bits per heavy atom. The first-order valence-electron chi connectivity index (χ1n) is 6.18. The van der Waals surface area contributed by atoms with E-state index in [0.29, 0.717) is 21.7 Å². The topological polar surface area (TPSA) is 59.1 Å². The highest BCUT2D eigenvalue weighted by Crippen LogP contribution is 2.28. The van der Waals surface area contributed by atoms with E-state index in [0.717, 1.165) is 4.88 Å². The zero-order valence-electron chi connectivity index (χ0n) is 11.4. The van der Waals surface area contributed by atoms with Crippen LogP contribution in [0.2, 0.25) is 9.49 Å². The van der Waals surface area contributed by atoms with Crippen LogP contribution < -0.4 is 5.32 Å². The number of rotatable bonds is 5. The van der Waals surface area contributed by atoms with Gasteiger partial charge < -0.3 is 5.32 Å². The van der Waals surface area contributed by atoms with E-state index in [4.69, 9.17) is 23.2 Å². The maximum absolute atomic E-state index is 12.2. The molecule has 0 saturated carbocycles. The molecule has 8 heteroatoms. The molecular weight excluding hydrogens is 351 g/mol. The summed E-state index contributed by atoms with van der Waals surface area (Å²) in [4.78, 5) is 5.14. The van der Waals surface area contributed by atoms with Crippen molar-refractivity contribution < 1.29 is 8.42 Å². The molecule has 0 saturated heterocycles. The molecule has 0 radical (unpaired) electrons. The minimum Gasteiger partial charge on any atom is -0.379 e. The summed E-state index contributed by atoms with van der Waals surface area (Å²) in [5, 5.41) is 3.10. The number of nitrogens with one attached hydrogen (secondary N) is 1. The highest BCUT2D eigenvalue weighted by atomic mass is 35.5. The number of nitrogens with zero attached hydrogens (tertiary/aromatic N) is 1. The molecule has 21 heavy (non-hydrogen) atoms. The van der Waals surface area contributed by atoms with E-state index < -0.39 is 15.1 Å². The van der Waals surface area contributed by atoms with Crippen molar-refractivity contribution in [2.75, 3.05) is 5.32 Å². The molecule has 0 unspecified atom stereocenters. The van der Waals surface area contributed by atoms with Crippen LogP contribution in [0.1, 0.15) is 18.7 Å². The Morgan fingerprint density at radius 2 is 2.05 bits per heavy atom. The molecule has 4 nitrogen and oxygen atoms in total. The molecule has 1 aromatic heterocycles. The Balaban J connectivity index is 2.24. The van der Waals surface area contributed by atoms with Gasteiger partial charge in [0, 0.05) is 11.1 Å². The van der Waals surface area contributed by atoms with E-state index in [9.17, 15) is 8.42 Å². The van der Waals surface area contributed by atoms with E-state index in [1.54, 1.807) is 32.2 Å². The average molecular weight is 365 g/mol.